The lowest BCUT2D eigenvalue weighted by Gasteiger charge is -2.19. The van der Waals surface area contributed by atoms with Crippen molar-refractivity contribution >= 4 is 35.9 Å². The highest BCUT2D eigenvalue weighted by Gasteiger charge is 2.36. The molecule has 6 heteroatoms. The minimum Gasteiger partial charge on any atom is -0.469 e. The van der Waals surface area contributed by atoms with Gasteiger partial charge in [-0.15, -0.1) is 24.0 Å². The summed E-state index contributed by atoms with van der Waals surface area (Å²) in [5.74, 6) is 0.965. The highest BCUT2D eigenvalue weighted by molar-refractivity contribution is 14.0. The fourth-order valence-electron chi connectivity index (χ4n) is 2.01. The normalized spacial score (nSPS) is 25.0. The maximum atomic E-state index is 11.5. The van der Waals surface area contributed by atoms with Crippen LogP contribution in [0.2, 0.25) is 0 Å². The lowest BCUT2D eigenvalue weighted by atomic mass is 9.99. The van der Waals surface area contributed by atoms with Gasteiger partial charge in [0.25, 0.3) is 0 Å². The largest absolute Gasteiger partial charge is 0.469 e. The first-order valence-corrected chi connectivity index (χ1v) is 5.11. The van der Waals surface area contributed by atoms with Crippen molar-refractivity contribution in [1.29, 1.82) is 0 Å². The summed E-state index contributed by atoms with van der Waals surface area (Å²) >= 11 is 0. The van der Waals surface area contributed by atoms with Gasteiger partial charge in [-0.3, -0.25) is 9.79 Å². The topological polar surface area (TPSA) is 53.9 Å². The lowest BCUT2D eigenvalue weighted by molar-refractivity contribution is -0.145. The zero-order valence-corrected chi connectivity index (χ0v) is 12.5. The molecule has 2 unspecified atom stereocenters. The number of halogens is 1. The Kier molecular flexibility index (Phi) is 6.70. The monoisotopic (exact) mass is 341 g/mol. The van der Waals surface area contributed by atoms with E-state index < -0.39 is 0 Å². The summed E-state index contributed by atoms with van der Waals surface area (Å²) in [6, 6.07) is 0. The van der Waals surface area contributed by atoms with Gasteiger partial charge in [0.15, 0.2) is 5.96 Å². The van der Waals surface area contributed by atoms with Crippen molar-refractivity contribution in [3.8, 4) is 0 Å². The Balaban J connectivity index is 0.00000225. The van der Waals surface area contributed by atoms with Crippen molar-refractivity contribution in [1.82, 2.24) is 10.2 Å². The molecular weight excluding hydrogens is 321 g/mol. The SMILES string of the molecule is CN=C(NC)N1CC(C)C(C(=O)OC)C1.I. The average Bonchev–Trinajstić information content (AvgIpc) is 2.61. The quantitative estimate of drug-likeness (QED) is 0.328. The zero-order valence-electron chi connectivity index (χ0n) is 10.2. The van der Waals surface area contributed by atoms with E-state index in [1.807, 2.05) is 7.05 Å². The summed E-state index contributed by atoms with van der Waals surface area (Å²) in [5.41, 5.74) is 0. The number of nitrogens with one attached hydrogen (secondary N) is 1. The molecule has 1 aliphatic rings. The standard InChI is InChI=1S/C10H19N3O2.HI/c1-7-5-13(10(11-2)12-3)6-8(7)9(14)15-4;/h7-8H,5-6H2,1-4H3,(H,11,12);1H. The zero-order chi connectivity index (χ0) is 11.4. The van der Waals surface area contributed by atoms with Gasteiger partial charge in [-0.2, -0.15) is 0 Å². The summed E-state index contributed by atoms with van der Waals surface area (Å²) in [4.78, 5) is 17.7. The van der Waals surface area contributed by atoms with Gasteiger partial charge in [0.05, 0.1) is 13.0 Å². The Labute approximate surface area is 114 Å². The Morgan fingerprint density at radius 1 is 1.50 bits per heavy atom. The predicted molar refractivity (Wildman–Crippen MR) is 74.1 cm³/mol. The highest BCUT2D eigenvalue weighted by atomic mass is 127. The molecule has 2 atom stereocenters. The number of likely N-dealkylation sites (tertiary alicyclic amines) is 1. The van der Waals surface area contributed by atoms with Crippen LogP contribution in [-0.2, 0) is 9.53 Å². The number of nitrogens with zero attached hydrogens (tertiary/aromatic N) is 2. The van der Waals surface area contributed by atoms with E-state index in [9.17, 15) is 4.79 Å². The molecule has 0 spiro atoms. The second-order valence-corrected chi connectivity index (χ2v) is 3.81. The van der Waals surface area contributed by atoms with E-state index in [0.717, 1.165) is 12.5 Å². The van der Waals surface area contributed by atoms with Crippen LogP contribution >= 0.6 is 24.0 Å². The second kappa shape index (κ2) is 6.93. The number of carbonyl (C=O) groups is 1. The van der Waals surface area contributed by atoms with E-state index in [2.05, 4.69) is 22.1 Å². The van der Waals surface area contributed by atoms with E-state index >= 15 is 0 Å². The molecule has 1 fully saturated rings. The number of esters is 1. The molecule has 0 radical (unpaired) electrons. The van der Waals surface area contributed by atoms with Crippen molar-refractivity contribution in [2.45, 2.75) is 6.92 Å². The second-order valence-electron chi connectivity index (χ2n) is 3.81. The van der Waals surface area contributed by atoms with Gasteiger partial charge in [-0.1, -0.05) is 6.92 Å². The number of aliphatic imine (C=N–C) groups is 1. The third-order valence-corrected chi connectivity index (χ3v) is 2.85. The highest BCUT2D eigenvalue weighted by Crippen LogP contribution is 2.23. The Morgan fingerprint density at radius 3 is 2.56 bits per heavy atom. The number of guanidine groups is 1. The van der Waals surface area contributed by atoms with Crippen molar-refractivity contribution in [2.75, 3.05) is 34.3 Å². The van der Waals surface area contributed by atoms with Crippen LogP contribution in [0.5, 0.6) is 0 Å². The summed E-state index contributed by atoms with van der Waals surface area (Å²) in [7, 11) is 5.01. The van der Waals surface area contributed by atoms with Gasteiger partial charge in [0.1, 0.15) is 0 Å². The Morgan fingerprint density at radius 2 is 2.12 bits per heavy atom. The van der Waals surface area contributed by atoms with Crippen LogP contribution in [0.3, 0.4) is 0 Å². The first-order chi connectivity index (χ1) is 7.13. The molecule has 94 valence electrons. The maximum absolute atomic E-state index is 11.5. The van der Waals surface area contributed by atoms with E-state index in [4.69, 9.17) is 4.74 Å². The number of hydrogen-bond donors (Lipinski definition) is 1. The average molecular weight is 341 g/mol. The fraction of sp³-hybridized carbons (Fsp3) is 0.800. The summed E-state index contributed by atoms with van der Waals surface area (Å²) in [5, 5.41) is 3.02. The minimum atomic E-state index is -0.128. The van der Waals surface area contributed by atoms with Crippen LogP contribution in [0.15, 0.2) is 4.99 Å². The summed E-state index contributed by atoms with van der Waals surface area (Å²) in [6.45, 7) is 3.58. The van der Waals surface area contributed by atoms with Crippen LogP contribution in [0.1, 0.15) is 6.92 Å². The number of methoxy groups -OCH3 is 1. The van der Waals surface area contributed by atoms with Gasteiger partial charge >= 0.3 is 5.97 Å². The van der Waals surface area contributed by atoms with Gasteiger partial charge in [-0.25, -0.2) is 0 Å². The van der Waals surface area contributed by atoms with Crippen molar-refractivity contribution in [3.05, 3.63) is 0 Å². The van der Waals surface area contributed by atoms with Crippen molar-refractivity contribution in [2.24, 2.45) is 16.8 Å². The molecule has 0 amide bonds. The molecular formula is C10H20IN3O2. The smallest absolute Gasteiger partial charge is 0.310 e. The molecule has 1 rings (SSSR count). The van der Waals surface area contributed by atoms with E-state index in [1.54, 1.807) is 7.05 Å². The molecule has 0 bridgehead atoms. The molecule has 1 heterocycles. The molecule has 1 N–H and O–H groups in total. The molecule has 16 heavy (non-hydrogen) atoms. The number of ether oxygens (including phenoxy) is 1. The van der Waals surface area contributed by atoms with E-state index in [1.165, 1.54) is 7.11 Å². The first-order valence-electron chi connectivity index (χ1n) is 5.11. The Hall–Kier alpha value is -0.530. The predicted octanol–water partition coefficient (Wildman–Crippen LogP) is 0.550. The Bertz CT molecular complexity index is 271. The van der Waals surface area contributed by atoms with Crippen LogP contribution < -0.4 is 5.32 Å². The third-order valence-electron chi connectivity index (χ3n) is 2.85. The molecule has 0 aliphatic carbocycles. The van der Waals surface area contributed by atoms with Crippen LogP contribution in [0, 0.1) is 11.8 Å². The molecule has 0 saturated carbocycles. The molecule has 0 aromatic heterocycles. The van der Waals surface area contributed by atoms with Gasteiger partial charge in [0, 0.05) is 27.2 Å². The molecule has 0 aromatic rings. The number of rotatable bonds is 1. The molecule has 1 saturated heterocycles. The van der Waals surface area contributed by atoms with Gasteiger partial charge in [0.2, 0.25) is 0 Å². The number of carbonyl (C=O) groups excluding carboxylic acids is 1. The van der Waals surface area contributed by atoms with Gasteiger partial charge in [-0.05, 0) is 5.92 Å². The molecule has 5 nitrogen and oxygen atoms in total. The van der Waals surface area contributed by atoms with Crippen LogP contribution in [0.25, 0.3) is 0 Å². The van der Waals surface area contributed by atoms with Crippen LogP contribution in [-0.4, -0.2) is 51.1 Å². The van der Waals surface area contributed by atoms with Crippen molar-refractivity contribution in [3.63, 3.8) is 0 Å². The summed E-state index contributed by atoms with van der Waals surface area (Å²) in [6.07, 6.45) is 0. The van der Waals surface area contributed by atoms with Gasteiger partial charge < -0.3 is 15.0 Å². The van der Waals surface area contributed by atoms with Crippen LogP contribution in [0.4, 0.5) is 0 Å². The molecule has 1 aliphatic heterocycles. The molecule has 0 aromatic carbocycles. The minimum absolute atomic E-state index is 0. The number of hydrogen-bond acceptors (Lipinski definition) is 3. The summed E-state index contributed by atoms with van der Waals surface area (Å²) < 4.78 is 4.77. The van der Waals surface area contributed by atoms with E-state index in [-0.39, 0.29) is 35.9 Å². The van der Waals surface area contributed by atoms with Crippen molar-refractivity contribution < 1.29 is 9.53 Å². The third kappa shape index (κ3) is 3.23. The lowest BCUT2D eigenvalue weighted by Crippen LogP contribution is -2.38. The first kappa shape index (κ1) is 15.5. The van der Waals surface area contributed by atoms with E-state index in [0.29, 0.717) is 12.5 Å². The maximum Gasteiger partial charge on any atom is 0.310 e. The fourth-order valence-corrected chi connectivity index (χ4v) is 2.01.